The Labute approximate surface area is 181 Å². The van der Waals surface area contributed by atoms with Crippen LogP contribution < -0.4 is 19.5 Å². The second-order valence-electron chi connectivity index (χ2n) is 6.40. The lowest BCUT2D eigenvalue weighted by molar-refractivity contribution is -0.111. The number of hydrogen-bond acceptors (Lipinski definition) is 5. The molecule has 0 aliphatic rings. The molecule has 0 radical (unpaired) electrons. The largest absolute Gasteiger partial charge is 0.495 e. The molecular formula is C23H22N2O5S. The Morgan fingerprint density at radius 2 is 1.35 bits per heavy atom. The van der Waals surface area contributed by atoms with Crippen LogP contribution in [-0.2, 0) is 14.8 Å². The van der Waals surface area contributed by atoms with Gasteiger partial charge in [-0.25, -0.2) is 8.42 Å². The highest BCUT2D eigenvalue weighted by atomic mass is 32.2. The Morgan fingerprint density at radius 3 is 1.97 bits per heavy atom. The first-order valence-electron chi connectivity index (χ1n) is 9.31. The van der Waals surface area contributed by atoms with Crippen LogP contribution in [-0.4, -0.2) is 28.5 Å². The fourth-order valence-electron chi connectivity index (χ4n) is 2.78. The molecule has 160 valence electrons. The van der Waals surface area contributed by atoms with Gasteiger partial charge in [-0.15, -0.1) is 0 Å². The summed E-state index contributed by atoms with van der Waals surface area (Å²) in [5.41, 5.74) is 1.58. The lowest BCUT2D eigenvalue weighted by Gasteiger charge is -2.11. The molecule has 0 bridgehead atoms. The van der Waals surface area contributed by atoms with Gasteiger partial charge in [-0.05, 0) is 48.0 Å². The number of carbonyl (C=O) groups excluding carboxylic acids is 1. The molecule has 0 unspecified atom stereocenters. The van der Waals surface area contributed by atoms with E-state index in [9.17, 15) is 13.2 Å². The monoisotopic (exact) mass is 438 g/mol. The fourth-order valence-corrected chi connectivity index (χ4v) is 3.86. The summed E-state index contributed by atoms with van der Waals surface area (Å²) in [5.74, 6) is 0.645. The van der Waals surface area contributed by atoms with E-state index in [2.05, 4.69) is 10.0 Å². The fraction of sp³-hybridized carbons (Fsp3) is 0.0870. The van der Waals surface area contributed by atoms with E-state index in [1.54, 1.807) is 60.7 Å². The number of anilines is 2. The van der Waals surface area contributed by atoms with Crippen LogP contribution in [0.15, 0.2) is 83.8 Å². The van der Waals surface area contributed by atoms with Crippen molar-refractivity contribution in [3.8, 4) is 11.5 Å². The molecular weight excluding hydrogens is 416 g/mol. The molecule has 8 heteroatoms. The highest BCUT2D eigenvalue weighted by molar-refractivity contribution is 7.92. The van der Waals surface area contributed by atoms with E-state index in [-0.39, 0.29) is 10.8 Å². The standard InChI is InChI=1S/C23H22N2O5S/c1-29-21-9-5-3-7-19(21)24-23(26)16-13-17-11-14-18(15-12-17)31(27,28)25-20-8-4-6-10-22(20)30-2/h3-16,25H,1-2H3,(H,24,26)/b16-13+. The first kappa shape index (κ1) is 21.9. The lowest BCUT2D eigenvalue weighted by atomic mass is 10.2. The molecule has 1 amide bonds. The van der Waals surface area contributed by atoms with E-state index in [1.165, 1.54) is 32.4 Å². The van der Waals surface area contributed by atoms with Gasteiger partial charge in [-0.1, -0.05) is 36.4 Å². The molecule has 0 heterocycles. The summed E-state index contributed by atoms with van der Waals surface area (Å²) in [5, 5.41) is 2.74. The third-order valence-electron chi connectivity index (χ3n) is 4.33. The molecule has 31 heavy (non-hydrogen) atoms. The Bertz CT molecular complexity index is 1190. The molecule has 3 aromatic rings. The minimum atomic E-state index is -3.79. The van der Waals surface area contributed by atoms with E-state index in [0.29, 0.717) is 28.4 Å². The van der Waals surface area contributed by atoms with Gasteiger partial charge in [0, 0.05) is 6.08 Å². The van der Waals surface area contributed by atoms with Gasteiger partial charge in [0.2, 0.25) is 5.91 Å². The van der Waals surface area contributed by atoms with Gasteiger partial charge in [0.1, 0.15) is 11.5 Å². The van der Waals surface area contributed by atoms with Crippen molar-refractivity contribution in [2.75, 3.05) is 24.3 Å². The van der Waals surface area contributed by atoms with Crippen LogP contribution in [0, 0.1) is 0 Å². The molecule has 7 nitrogen and oxygen atoms in total. The summed E-state index contributed by atoms with van der Waals surface area (Å²) in [7, 11) is -0.792. The second-order valence-corrected chi connectivity index (χ2v) is 8.08. The van der Waals surface area contributed by atoms with Gasteiger partial charge in [-0.2, -0.15) is 0 Å². The Kier molecular flexibility index (Phi) is 6.94. The van der Waals surface area contributed by atoms with Gasteiger partial charge >= 0.3 is 0 Å². The number of hydrogen-bond donors (Lipinski definition) is 2. The van der Waals surface area contributed by atoms with Crippen LogP contribution in [0.2, 0.25) is 0 Å². The summed E-state index contributed by atoms with van der Waals surface area (Å²) in [6, 6.07) is 20.0. The van der Waals surface area contributed by atoms with Gasteiger partial charge < -0.3 is 14.8 Å². The van der Waals surface area contributed by atoms with Crippen LogP contribution in [0.4, 0.5) is 11.4 Å². The first-order chi connectivity index (χ1) is 14.9. The number of ether oxygens (including phenoxy) is 2. The van der Waals surface area contributed by atoms with Crippen molar-refractivity contribution in [1.82, 2.24) is 0 Å². The predicted octanol–water partition coefficient (Wildman–Crippen LogP) is 4.16. The van der Waals surface area contributed by atoms with E-state index in [1.807, 2.05) is 6.07 Å². The topological polar surface area (TPSA) is 93.7 Å². The van der Waals surface area contributed by atoms with Crippen LogP contribution in [0.25, 0.3) is 6.08 Å². The van der Waals surface area contributed by atoms with Gasteiger partial charge in [0.25, 0.3) is 10.0 Å². The molecule has 0 aromatic heterocycles. The van der Waals surface area contributed by atoms with E-state index in [0.717, 1.165) is 0 Å². The highest BCUT2D eigenvalue weighted by Crippen LogP contribution is 2.26. The van der Waals surface area contributed by atoms with Gasteiger partial charge in [0.05, 0.1) is 30.5 Å². The lowest BCUT2D eigenvalue weighted by Crippen LogP contribution is -2.13. The number of sulfonamides is 1. The number of rotatable bonds is 8. The summed E-state index contributed by atoms with van der Waals surface area (Å²) in [4.78, 5) is 12.3. The molecule has 0 saturated heterocycles. The number of nitrogens with one attached hydrogen (secondary N) is 2. The zero-order valence-electron chi connectivity index (χ0n) is 17.0. The van der Waals surface area contributed by atoms with Crippen molar-refractivity contribution in [3.05, 3.63) is 84.4 Å². The average Bonchev–Trinajstić information content (AvgIpc) is 2.78. The van der Waals surface area contributed by atoms with Crippen molar-refractivity contribution < 1.29 is 22.7 Å². The summed E-state index contributed by atoms with van der Waals surface area (Å²) >= 11 is 0. The zero-order chi connectivity index (χ0) is 22.3. The molecule has 0 aliphatic carbocycles. The first-order valence-corrected chi connectivity index (χ1v) is 10.8. The number of amides is 1. The van der Waals surface area contributed by atoms with Crippen molar-refractivity contribution in [2.24, 2.45) is 0 Å². The van der Waals surface area contributed by atoms with Crippen molar-refractivity contribution in [1.29, 1.82) is 0 Å². The minimum Gasteiger partial charge on any atom is -0.495 e. The summed E-state index contributed by atoms with van der Waals surface area (Å²) in [6.07, 6.45) is 2.96. The average molecular weight is 439 g/mol. The minimum absolute atomic E-state index is 0.0917. The Balaban J connectivity index is 1.68. The highest BCUT2D eigenvalue weighted by Gasteiger charge is 2.16. The SMILES string of the molecule is COc1ccccc1NC(=O)/C=C/c1ccc(S(=O)(=O)Nc2ccccc2OC)cc1. The molecule has 0 atom stereocenters. The molecule has 0 fully saturated rings. The number of para-hydroxylation sites is 4. The van der Waals surface area contributed by atoms with Crippen LogP contribution in [0.3, 0.4) is 0 Å². The maximum Gasteiger partial charge on any atom is 0.262 e. The van der Waals surface area contributed by atoms with Gasteiger partial charge in [-0.3, -0.25) is 9.52 Å². The number of methoxy groups -OCH3 is 2. The normalized spacial score (nSPS) is 11.2. The van der Waals surface area contributed by atoms with Crippen LogP contribution in [0.5, 0.6) is 11.5 Å². The van der Waals surface area contributed by atoms with Crippen LogP contribution >= 0.6 is 0 Å². The molecule has 0 spiro atoms. The van der Waals surface area contributed by atoms with Crippen LogP contribution in [0.1, 0.15) is 5.56 Å². The third-order valence-corrected chi connectivity index (χ3v) is 5.72. The quantitative estimate of drug-likeness (QED) is 0.515. The maximum absolute atomic E-state index is 12.7. The van der Waals surface area contributed by atoms with E-state index in [4.69, 9.17) is 9.47 Å². The summed E-state index contributed by atoms with van der Waals surface area (Å²) < 4.78 is 38.2. The van der Waals surface area contributed by atoms with Crippen molar-refractivity contribution in [2.45, 2.75) is 4.90 Å². The number of carbonyl (C=O) groups is 1. The molecule has 2 N–H and O–H groups in total. The molecule has 0 saturated carbocycles. The molecule has 0 aliphatic heterocycles. The molecule has 3 rings (SSSR count). The smallest absolute Gasteiger partial charge is 0.262 e. The zero-order valence-corrected chi connectivity index (χ0v) is 17.8. The van der Waals surface area contributed by atoms with Gasteiger partial charge in [0.15, 0.2) is 0 Å². The summed E-state index contributed by atoms with van der Waals surface area (Å²) in [6.45, 7) is 0. The molecule has 3 aromatic carbocycles. The van der Waals surface area contributed by atoms with Crippen molar-refractivity contribution in [3.63, 3.8) is 0 Å². The predicted molar refractivity (Wildman–Crippen MR) is 121 cm³/mol. The third kappa shape index (κ3) is 5.64. The van der Waals surface area contributed by atoms with Crippen molar-refractivity contribution >= 4 is 33.4 Å². The van der Waals surface area contributed by atoms with E-state index < -0.39 is 10.0 Å². The Morgan fingerprint density at radius 1 is 0.806 bits per heavy atom. The Hall–Kier alpha value is -3.78. The second kappa shape index (κ2) is 9.82. The number of benzene rings is 3. The van der Waals surface area contributed by atoms with E-state index >= 15 is 0 Å². The maximum atomic E-state index is 12.7.